The van der Waals surface area contributed by atoms with Gasteiger partial charge in [0, 0.05) is 30.1 Å². The second-order valence-corrected chi connectivity index (χ2v) is 8.67. The number of anilines is 1. The zero-order valence-corrected chi connectivity index (χ0v) is 19.3. The van der Waals surface area contributed by atoms with E-state index in [4.69, 9.17) is 9.72 Å². The van der Waals surface area contributed by atoms with E-state index in [9.17, 15) is 14.7 Å². The lowest BCUT2D eigenvalue weighted by molar-refractivity contribution is -0.140. The number of amides is 1. The number of aromatic nitrogens is 1. The average molecular weight is 454 g/mol. The number of benzene rings is 2. The van der Waals surface area contributed by atoms with Crippen molar-refractivity contribution in [2.45, 2.75) is 26.4 Å². The van der Waals surface area contributed by atoms with Crippen LogP contribution in [0.2, 0.25) is 0 Å². The summed E-state index contributed by atoms with van der Waals surface area (Å²) < 4.78 is 5.20. The number of thiazole rings is 1. The fourth-order valence-corrected chi connectivity index (χ4v) is 3.98. The summed E-state index contributed by atoms with van der Waals surface area (Å²) in [6.07, 6.45) is 0. The van der Waals surface area contributed by atoms with Crippen LogP contribution in [0, 0.1) is 5.92 Å². The molecule has 1 aromatic heterocycles. The molecule has 2 aromatic carbocycles. The van der Waals surface area contributed by atoms with E-state index < -0.39 is 17.9 Å². The molecule has 0 aliphatic carbocycles. The maximum Gasteiger partial charge on any atom is 0.326 e. The summed E-state index contributed by atoms with van der Waals surface area (Å²) >= 11 is 1.57. The van der Waals surface area contributed by atoms with Crippen molar-refractivity contribution < 1.29 is 19.4 Å². The number of carbonyl (C=O) groups is 2. The molecule has 0 fully saturated rings. The van der Waals surface area contributed by atoms with E-state index in [2.05, 4.69) is 5.32 Å². The number of hydrogen-bond acceptors (Lipinski definition) is 6. The van der Waals surface area contributed by atoms with Crippen molar-refractivity contribution in [1.29, 1.82) is 0 Å². The van der Waals surface area contributed by atoms with Crippen molar-refractivity contribution in [1.82, 2.24) is 10.3 Å². The summed E-state index contributed by atoms with van der Waals surface area (Å²) in [5.74, 6) is -0.828. The van der Waals surface area contributed by atoms with E-state index in [1.54, 1.807) is 44.4 Å². The van der Waals surface area contributed by atoms with Gasteiger partial charge in [-0.25, -0.2) is 9.78 Å². The summed E-state index contributed by atoms with van der Waals surface area (Å²) in [4.78, 5) is 30.5. The number of hydrogen-bond donors (Lipinski definition) is 2. The van der Waals surface area contributed by atoms with Gasteiger partial charge in [-0.2, -0.15) is 0 Å². The number of carbonyl (C=O) groups excluding carboxylic acids is 1. The molecule has 0 aliphatic rings. The summed E-state index contributed by atoms with van der Waals surface area (Å²) in [6.45, 7) is 4.15. The largest absolute Gasteiger partial charge is 0.497 e. The predicted octanol–water partition coefficient (Wildman–Crippen LogP) is 4.29. The highest BCUT2D eigenvalue weighted by atomic mass is 32.1. The molecule has 1 unspecified atom stereocenters. The molecule has 0 radical (unpaired) electrons. The number of methoxy groups -OCH3 is 1. The Balaban J connectivity index is 1.63. The number of nitrogens with zero attached hydrogens (tertiary/aromatic N) is 2. The Morgan fingerprint density at radius 1 is 1.12 bits per heavy atom. The second kappa shape index (κ2) is 10.3. The van der Waals surface area contributed by atoms with Crippen molar-refractivity contribution in [3.63, 3.8) is 0 Å². The molecular weight excluding hydrogens is 426 g/mol. The van der Waals surface area contributed by atoms with E-state index in [1.807, 2.05) is 53.7 Å². The number of nitrogens with one attached hydrogen (secondary N) is 1. The van der Waals surface area contributed by atoms with Gasteiger partial charge >= 0.3 is 5.97 Å². The first-order chi connectivity index (χ1) is 15.3. The molecule has 168 valence electrons. The Bertz CT molecular complexity index is 1060. The molecule has 1 heterocycles. The average Bonchev–Trinajstić information content (AvgIpc) is 3.28. The highest BCUT2D eigenvalue weighted by Crippen LogP contribution is 2.28. The fourth-order valence-electron chi connectivity index (χ4n) is 3.18. The standard InChI is InChI=1S/C24H27N3O4S/c1-15(2)21(23(29)30)26-22(28)18-7-5-16(6-8-18)13-27(3)24-25-20(14-32-24)17-9-11-19(31-4)12-10-17/h5-12,14-15,21H,13H2,1-4H3,(H,26,28)(H,29,30). The van der Waals surface area contributed by atoms with E-state index in [-0.39, 0.29) is 5.92 Å². The highest BCUT2D eigenvalue weighted by Gasteiger charge is 2.23. The van der Waals surface area contributed by atoms with E-state index in [0.717, 1.165) is 27.7 Å². The van der Waals surface area contributed by atoms with Gasteiger partial charge in [-0.1, -0.05) is 26.0 Å². The van der Waals surface area contributed by atoms with Crippen molar-refractivity contribution in [2.24, 2.45) is 5.92 Å². The first-order valence-corrected chi connectivity index (χ1v) is 11.1. The number of rotatable bonds is 9. The normalized spacial score (nSPS) is 11.8. The number of carboxylic acids is 1. The van der Waals surface area contributed by atoms with Crippen LogP contribution in [0.25, 0.3) is 11.3 Å². The Hall–Kier alpha value is -3.39. The highest BCUT2D eigenvalue weighted by molar-refractivity contribution is 7.14. The van der Waals surface area contributed by atoms with Gasteiger partial charge in [0.15, 0.2) is 5.13 Å². The topological polar surface area (TPSA) is 91.8 Å². The van der Waals surface area contributed by atoms with Gasteiger partial charge in [-0.15, -0.1) is 11.3 Å². The van der Waals surface area contributed by atoms with Crippen molar-refractivity contribution in [2.75, 3.05) is 19.1 Å². The van der Waals surface area contributed by atoms with Crippen LogP contribution >= 0.6 is 11.3 Å². The van der Waals surface area contributed by atoms with Crippen LogP contribution in [0.3, 0.4) is 0 Å². The molecule has 0 bridgehead atoms. The maximum absolute atomic E-state index is 12.4. The third-order valence-electron chi connectivity index (χ3n) is 5.06. The molecular formula is C24H27N3O4S. The van der Waals surface area contributed by atoms with E-state index >= 15 is 0 Å². The molecule has 3 aromatic rings. The van der Waals surface area contributed by atoms with Gasteiger partial charge in [0.2, 0.25) is 0 Å². The zero-order valence-electron chi connectivity index (χ0n) is 18.5. The maximum atomic E-state index is 12.4. The summed E-state index contributed by atoms with van der Waals surface area (Å²) in [5.41, 5.74) is 3.38. The van der Waals surface area contributed by atoms with Crippen LogP contribution in [0.1, 0.15) is 29.8 Å². The van der Waals surface area contributed by atoms with Crippen LogP contribution in [0.15, 0.2) is 53.9 Å². The Morgan fingerprint density at radius 3 is 2.34 bits per heavy atom. The van der Waals surface area contributed by atoms with Crippen molar-refractivity contribution >= 4 is 28.3 Å². The third kappa shape index (κ3) is 5.64. The Kier molecular flexibility index (Phi) is 7.48. The predicted molar refractivity (Wildman–Crippen MR) is 126 cm³/mol. The fraction of sp³-hybridized carbons (Fsp3) is 0.292. The van der Waals surface area contributed by atoms with Crippen molar-refractivity contribution in [3.8, 4) is 17.0 Å². The number of aliphatic carboxylic acids is 1. The second-order valence-electron chi connectivity index (χ2n) is 7.83. The lowest BCUT2D eigenvalue weighted by Gasteiger charge is -2.18. The molecule has 7 nitrogen and oxygen atoms in total. The smallest absolute Gasteiger partial charge is 0.326 e. The lowest BCUT2D eigenvalue weighted by Crippen LogP contribution is -2.44. The van der Waals surface area contributed by atoms with Crippen molar-refractivity contribution in [3.05, 3.63) is 65.0 Å². The molecule has 1 amide bonds. The van der Waals surface area contributed by atoms with E-state index in [1.165, 1.54) is 0 Å². The SMILES string of the molecule is COc1ccc(-c2csc(N(C)Cc3ccc(C(=O)NC(C(=O)O)C(C)C)cc3)n2)cc1. The molecule has 0 saturated heterocycles. The summed E-state index contributed by atoms with van der Waals surface area (Å²) in [7, 11) is 3.61. The molecule has 0 spiro atoms. The van der Waals surface area contributed by atoms with Crippen LogP contribution in [-0.2, 0) is 11.3 Å². The van der Waals surface area contributed by atoms with Crippen LogP contribution in [0.5, 0.6) is 5.75 Å². The Labute approximate surface area is 191 Å². The molecule has 1 atom stereocenters. The molecule has 0 saturated carbocycles. The van der Waals surface area contributed by atoms with Gasteiger partial charge in [-0.05, 0) is 47.9 Å². The van der Waals surface area contributed by atoms with Gasteiger partial charge in [0.05, 0.1) is 12.8 Å². The monoisotopic (exact) mass is 453 g/mol. The van der Waals surface area contributed by atoms with E-state index in [0.29, 0.717) is 12.1 Å². The molecule has 8 heteroatoms. The number of ether oxygens (including phenoxy) is 1. The quantitative estimate of drug-likeness (QED) is 0.502. The number of carboxylic acid groups (broad SMARTS) is 1. The van der Waals surface area contributed by atoms with Gasteiger partial charge < -0.3 is 20.1 Å². The first kappa shape index (κ1) is 23.3. The van der Waals surface area contributed by atoms with Gasteiger partial charge in [0.1, 0.15) is 11.8 Å². The molecule has 2 N–H and O–H groups in total. The summed E-state index contributed by atoms with van der Waals surface area (Å²) in [5, 5.41) is 14.7. The first-order valence-electron chi connectivity index (χ1n) is 10.2. The van der Waals surface area contributed by atoms with Crippen LogP contribution in [-0.4, -0.2) is 42.2 Å². The van der Waals surface area contributed by atoms with Crippen LogP contribution in [0.4, 0.5) is 5.13 Å². The minimum Gasteiger partial charge on any atom is -0.497 e. The van der Waals surface area contributed by atoms with Crippen LogP contribution < -0.4 is 15.0 Å². The molecule has 3 rings (SSSR count). The lowest BCUT2D eigenvalue weighted by atomic mass is 10.0. The minimum atomic E-state index is -1.04. The van der Waals surface area contributed by atoms with Gasteiger partial charge in [-0.3, -0.25) is 4.79 Å². The zero-order chi connectivity index (χ0) is 23.3. The molecule has 32 heavy (non-hydrogen) atoms. The third-order valence-corrected chi connectivity index (χ3v) is 6.01. The summed E-state index contributed by atoms with van der Waals surface area (Å²) in [6, 6.07) is 14.0. The Morgan fingerprint density at radius 2 is 1.78 bits per heavy atom. The molecule has 0 aliphatic heterocycles. The van der Waals surface area contributed by atoms with Gasteiger partial charge in [0.25, 0.3) is 5.91 Å². The minimum absolute atomic E-state index is 0.203.